The number of carbonyl (C=O) groups excluding carboxylic acids is 1. The molecule has 14 heavy (non-hydrogen) atoms. The van der Waals surface area contributed by atoms with Crippen LogP contribution in [0.5, 0.6) is 0 Å². The van der Waals surface area contributed by atoms with Crippen LogP contribution in [0, 0.1) is 6.92 Å². The number of hydrogen-bond donors (Lipinski definition) is 1. The van der Waals surface area contributed by atoms with Gasteiger partial charge in [-0.25, -0.2) is 4.79 Å². The third-order valence-electron chi connectivity index (χ3n) is 2.28. The van der Waals surface area contributed by atoms with Gasteiger partial charge < -0.3 is 10.5 Å². The number of hydrogen-bond acceptors (Lipinski definition) is 3. The molecule has 4 nitrogen and oxygen atoms in total. The summed E-state index contributed by atoms with van der Waals surface area (Å²) in [5, 5.41) is 0. The molecule has 1 heterocycles. The molecular formula is C10H12N2O2. The van der Waals surface area contributed by atoms with E-state index in [1.807, 2.05) is 19.1 Å². The van der Waals surface area contributed by atoms with Crippen LogP contribution in [0.2, 0.25) is 0 Å². The summed E-state index contributed by atoms with van der Waals surface area (Å²) in [6, 6.07) is 5.51. The minimum Gasteiger partial charge on any atom is -0.447 e. The van der Waals surface area contributed by atoms with Crippen molar-refractivity contribution in [3.63, 3.8) is 0 Å². The standard InChI is InChI=1S/C10H12N2O2/c1-7-2-3-8(11)6-9(7)12-4-5-14-10(12)13/h2-3,6H,4-5,11H2,1H3. The average Bonchev–Trinajstić information content (AvgIpc) is 2.56. The van der Waals surface area contributed by atoms with Crippen LogP contribution in [-0.4, -0.2) is 19.2 Å². The van der Waals surface area contributed by atoms with E-state index >= 15 is 0 Å². The fourth-order valence-corrected chi connectivity index (χ4v) is 1.53. The van der Waals surface area contributed by atoms with Crippen molar-refractivity contribution < 1.29 is 9.53 Å². The molecule has 1 aromatic rings. The predicted octanol–water partition coefficient (Wildman–Crippen LogP) is 1.53. The molecule has 0 atom stereocenters. The molecule has 2 N–H and O–H groups in total. The second-order valence-corrected chi connectivity index (χ2v) is 3.31. The zero-order chi connectivity index (χ0) is 10.1. The SMILES string of the molecule is Cc1ccc(N)cc1N1CCOC1=O. The van der Waals surface area contributed by atoms with Gasteiger partial charge in [-0.3, -0.25) is 4.90 Å². The number of ether oxygens (including phenoxy) is 1. The lowest BCUT2D eigenvalue weighted by molar-refractivity contribution is 0.181. The van der Waals surface area contributed by atoms with Crippen LogP contribution in [0.15, 0.2) is 18.2 Å². The molecule has 0 aromatic heterocycles. The van der Waals surface area contributed by atoms with E-state index in [4.69, 9.17) is 10.5 Å². The number of amides is 1. The number of cyclic esters (lactones) is 1. The van der Waals surface area contributed by atoms with Gasteiger partial charge in [-0.1, -0.05) is 6.07 Å². The number of nitrogens with two attached hydrogens (primary N) is 1. The minimum absolute atomic E-state index is 0.293. The van der Waals surface area contributed by atoms with Crippen molar-refractivity contribution in [2.75, 3.05) is 23.8 Å². The third kappa shape index (κ3) is 1.39. The maximum Gasteiger partial charge on any atom is 0.414 e. The molecule has 1 aliphatic rings. The first-order chi connectivity index (χ1) is 6.68. The molecule has 0 unspecified atom stereocenters. The highest BCUT2D eigenvalue weighted by Gasteiger charge is 2.24. The van der Waals surface area contributed by atoms with Crippen molar-refractivity contribution in [3.8, 4) is 0 Å². The van der Waals surface area contributed by atoms with Crippen molar-refractivity contribution in [1.82, 2.24) is 0 Å². The van der Waals surface area contributed by atoms with Gasteiger partial charge in [0, 0.05) is 5.69 Å². The largest absolute Gasteiger partial charge is 0.447 e. The van der Waals surface area contributed by atoms with E-state index in [1.54, 1.807) is 11.0 Å². The first-order valence-electron chi connectivity index (χ1n) is 4.49. The monoisotopic (exact) mass is 192 g/mol. The summed E-state index contributed by atoms with van der Waals surface area (Å²) >= 11 is 0. The molecule has 2 rings (SSSR count). The number of rotatable bonds is 1. The Hall–Kier alpha value is -1.71. The normalized spacial score (nSPS) is 15.8. The lowest BCUT2D eigenvalue weighted by Crippen LogP contribution is -2.24. The van der Waals surface area contributed by atoms with Crippen LogP contribution in [0.25, 0.3) is 0 Å². The minimum atomic E-state index is -0.293. The molecular weight excluding hydrogens is 180 g/mol. The number of nitrogen functional groups attached to an aromatic ring is 1. The highest BCUT2D eigenvalue weighted by Crippen LogP contribution is 2.25. The highest BCUT2D eigenvalue weighted by atomic mass is 16.6. The Morgan fingerprint density at radius 2 is 2.29 bits per heavy atom. The second kappa shape index (κ2) is 3.21. The van der Waals surface area contributed by atoms with E-state index < -0.39 is 0 Å². The van der Waals surface area contributed by atoms with Crippen LogP contribution >= 0.6 is 0 Å². The van der Waals surface area contributed by atoms with E-state index in [2.05, 4.69) is 0 Å². The Bertz CT molecular complexity index is 376. The molecule has 1 aliphatic heterocycles. The summed E-state index contributed by atoms with van der Waals surface area (Å²) in [5.74, 6) is 0. The third-order valence-corrected chi connectivity index (χ3v) is 2.28. The van der Waals surface area contributed by atoms with Crippen molar-refractivity contribution in [3.05, 3.63) is 23.8 Å². The van der Waals surface area contributed by atoms with E-state index in [-0.39, 0.29) is 6.09 Å². The zero-order valence-electron chi connectivity index (χ0n) is 7.99. The maximum atomic E-state index is 11.3. The lowest BCUT2D eigenvalue weighted by atomic mass is 10.1. The lowest BCUT2D eigenvalue weighted by Gasteiger charge is -2.15. The summed E-state index contributed by atoms with van der Waals surface area (Å²) < 4.78 is 4.86. The Morgan fingerprint density at radius 1 is 1.50 bits per heavy atom. The van der Waals surface area contributed by atoms with Crippen LogP contribution in [0.3, 0.4) is 0 Å². The molecule has 0 saturated carbocycles. The summed E-state index contributed by atoms with van der Waals surface area (Å²) in [7, 11) is 0. The van der Waals surface area contributed by atoms with Gasteiger partial charge in [0.05, 0.1) is 12.2 Å². The first-order valence-corrected chi connectivity index (χ1v) is 4.49. The van der Waals surface area contributed by atoms with E-state index in [0.717, 1.165) is 11.3 Å². The van der Waals surface area contributed by atoms with Crippen molar-refractivity contribution >= 4 is 17.5 Å². The van der Waals surface area contributed by atoms with Gasteiger partial charge in [0.1, 0.15) is 6.61 Å². The van der Waals surface area contributed by atoms with Crippen LogP contribution in [-0.2, 0) is 4.74 Å². The second-order valence-electron chi connectivity index (χ2n) is 3.31. The quantitative estimate of drug-likeness (QED) is 0.686. The Balaban J connectivity index is 2.39. The van der Waals surface area contributed by atoms with Gasteiger partial charge >= 0.3 is 6.09 Å². The maximum absolute atomic E-state index is 11.3. The molecule has 4 heteroatoms. The molecule has 0 spiro atoms. The fraction of sp³-hybridized carbons (Fsp3) is 0.300. The molecule has 0 aliphatic carbocycles. The van der Waals surface area contributed by atoms with Gasteiger partial charge in [-0.15, -0.1) is 0 Å². The Morgan fingerprint density at radius 3 is 2.93 bits per heavy atom. The Kier molecular flexibility index (Phi) is 2.04. The molecule has 1 amide bonds. The van der Waals surface area contributed by atoms with Crippen molar-refractivity contribution in [2.24, 2.45) is 0 Å². The summed E-state index contributed by atoms with van der Waals surface area (Å²) in [5.41, 5.74) is 8.19. The van der Waals surface area contributed by atoms with Gasteiger partial charge in [0.25, 0.3) is 0 Å². The summed E-state index contributed by atoms with van der Waals surface area (Å²) in [6.07, 6.45) is -0.293. The van der Waals surface area contributed by atoms with Crippen molar-refractivity contribution in [1.29, 1.82) is 0 Å². The molecule has 0 bridgehead atoms. The number of nitrogens with zero attached hydrogens (tertiary/aromatic N) is 1. The van der Waals surface area contributed by atoms with Crippen LogP contribution in [0.4, 0.5) is 16.2 Å². The van der Waals surface area contributed by atoms with E-state index in [0.29, 0.717) is 18.8 Å². The van der Waals surface area contributed by atoms with Gasteiger partial charge in [0.2, 0.25) is 0 Å². The van der Waals surface area contributed by atoms with E-state index in [1.165, 1.54) is 0 Å². The molecule has 0 radical (unpaired) electrons. The van der Waals surface area contributed by atoms with Gasteiger partial charge in [-0.05, 0) is 24.6 Å². The Labute approximate surface area is 82.3 Å². The topological polar surface area (TPSA) is 55.6 Å². The predicted molar refractivity (Wildman–Crippen MR) is 54.3 cm³/mol. The fourth-order valence-electron chi connectivity index (χ4n) is 1.53. The smallest absolute Gasteiger partial charge is 0.414 e. The molecule has 1 fully saturated rings. The summed E-state index contributed by atoms with van der Waals surface area (Å²) in [6.45, 7) is 3.00. The molecule has 1 saturated heterocycles. The molecule has 1 aromatic carbocycles. The van der Waals surface area contributed by atoms with Crippen molar-refractivity contribution in [2.45, 2.75) is 6.92 Å². The number of anilines is 2. The number of benzene rings is 1. The molecule has 74 valence electrons. The van der Waals surface area contributed by atoms with E-state index in [9.17, 15) is 4.79 Å². The summed E-state index contributed by atoms with van der Waals surface area (Å²) in [4.78, 5) is 12.9. The van der Waals surface area contributed by atoms with Gasteiger partial charge in [-0.2, -0.15) is 0 Å². The number of carbonyl (C=O) groups is 1. The first kappa shape index (κ1) is 8.87. The zero-order valence-corrected chi connectivity index (χ0v) is 7.99. The highest BCUT2D eigenvalue weighted by molar-refractivity contribution is 5.90. The van der Waals surface area contributed by atoms with Gasteiger partial charge in [0.15, 0.2) is 0 Å². The van der Waals surface area contributed by atoms with Crippen LogP contribution < -0.4 is 10.6 Å². The average molecular weight is 192 g/mol. The van der Waals surface area contributed by atoms with Crippen LogP contribution in [0.1, 0.15) is 5.56 Å². The number of aryl methyl sites for hydroxylation is 1.